The highest BCUT2D eigenvalue weighted by Gasteiger charge is 2.24. The Morgan fingerprint density at radius 1 is 1.14 bits per heavy atom. The minimum atomic E-state index is -0.621. The number of aryl methyl sites for hydroxylation is 2. The first kappa shape index (κ1) is 14.6. The second-order valence-electron chi connectivity index (χ2n) is 6.51. The molecule has 0 unspecified atom stereocenters. The molecular weight excluding hydrogens is 262 g/mol. The molecule has 0 radical (unpaired) electrons. The van der Waals surface area contributed by atoms with Crippen molar-refractivity contribution in [3.63, 3.8) is 0 Å². The number of carboxylic acid groups (broad SMARTS) is 1. The summed E-state index contributed by atoms with van der Waals surface area (Å²) < 4.78 is 0. The van der Waals surface area contributed by atoms with Crippen LogP contribution in [0.4, 0.5) is 0 Å². The van der Waals surface area contributed by atoms with Crippen molar-refractivity contribution in [2.75, 3.05) is 19.6 Å². The summed E-state index contributed by atoms with van der Waals surface area (Å²) >= 11 is 0. The molecule has 3 rings (SSSR count). The lowest BCUT2D eigenvalue weighted by Crippen LogP contribution is -2.37. The van der Waals surface area contributed by atoms with E-state index in [1.807, 2.05) is 0 Å². The first-order chi connectivity index (χ1) is 10.2. The molecule has 1 aliphatic carbocycles. The molecule has 3 nitrogen and oxygen atoms in total. The van der Waals surface area contributed by atoms with Crippen LogP contribution < -0.4 is 0 Å². The maximum Gasteiger partial charge on any atom is 0.306 e. The minimum absolute atomic E-state index is 0.120. The van der Waals surface area contributed by atoms with Crippen LogP contribution in [0.15, 0.2) is 18.2 Å². The largest absolute Gasteiger partial charge is 0.481 e. The zero-order valence-corrected chi connectivity index (χ0v) is 12.7. The average molecular weight is 287 g/mol. The van der Waals surface area contributed by atoms with Gasteiger partial charge in [-0.05, 0) is 74.7 Å². The number of hydrogen-bond acceptors (Lipinski definition) is 2. The molecule has 1 aliphatic heterocycles. The van der Waals surface area contributed by atoms with Crippen molar-refractivity contribution in [3.8, 4) is 0 Å². The number of rotatable bonds is 4. The summed E-state index contributed by atoms with van der Waals surface area (Å²) in [5.74, 6) is -0.741. The normalized spacial score (nSPS) is 20.2. The number of nitrogens with zero attached hydrogens (tertiary/aromatic N) is 1. The van der Waals surface area contributed by atoms with Gasteiger partial charge in [-0.15, -0.1) is 0 Å². The van der Waals surface area contributed by atoms with E-state index < -0.39 is 5.97 Å². The fraction of sp³-hybridized carbons (Fsp3) is 0.611. The van der Waals surface area contributed by atoms with Gasteiger partial charge >= 0.3 is 5.97 Å². The Hall–Kier alpha value is -1.35. The summed E-state index contributed by atoms with van der Waals surface area (Å²) in [6.45, 7) is 2.93. The third-order valence-corrected chi connectivity index (χ3v) is 5.07. The Bertz CT molecular complexity index is 504. The lowest BCUT2D eigenvalue weighted by molar-refractivity contribution is -0.143. The Kier molecular flexibility index (Phi) is 4.59. The number of carbonyl (C=O) groups is 1. The second-order valence-corrected chi connectivity index (χ2v) is 6.51. The van der Waals surface area contributed by atoms with Crippen LogP contribution >= 0.6 is 0 Å². The highest BCUT2D eigenvalue weighted by atomic mass is 16.4. The van der Waals surface area contributed by atoms with Crippen LogP contribution in [0.2, 0.25) is 0 Å². The van der Waals surface area contributed by atoms with Crippen LogP contribution in [0.5, 0.6) is 0 Å². The molecule has 21 heavy (non-hydrogen) atoms. The summed E-state index contributed by atoms with van der Waals surface area (Å²) in [4.78, 5) is 13.4. The molecule has 0 saturated carbocycles. The lowest BCUT2D eigenvalue weighted by Gasteiger charge is -2.30. The molecule has 0 spiro atoms. The lowest BCUT2D eigenvalue weighted by atomic mass is 9.90. The first-order valence-electron chi connectivity index (χ1n) is 8.28. The summed E-state index contributed by atoms with van der Waals surface area (Å²) in [6, 6.07) is 7.01. The molecule has 1 heterocycles. The molecule has 1 N–H and O–H groups in total. The number of benzene rings is 1. The maximum atomic E-state index is 11.0. The van der Waals surface area contributed by atoms with Crippen molar-refractivity contribution in [1.29, 1.82) is 0 Å². The quantitative estimate of drug-likeness (QED) is 0.925. The Morgan fingerprint density at radius 2 is 1.86 bits per heavy atom. The smallest absolute Gasteiger partial charge is 0.306 e. The first-order valence-corrected chi connectivity index (χ1v) is 8.28. The number of carboxylic acids is 1. The van der Waals surface area contributed by atoms with Crippen molar-refractivity contribution in [2.45, 2.75) is 44.9 Å². The summed E-state index contributed by atoms with van der Waals surface area (Å²) in [5, 5.41) is 9.03. The Labute approximate surface area is 127 Å². The van der Waals surface area contributed by atoms with E-state index >= 15 is 0 Å². The summed E-state index contributed by atoms with van der Waals surface area (Å²) in [7, 11) is 0. The van der Waals surface area contributed by atoms with E-state index in [1.165, 1.54) is 31.2 Å². The van der Waals surface area contributed by atoms with E-state index in [-0.39, 0.29) is 5.92 Å². The van der Waals surface area contributed by atoms with Gasteiger partial charge in [0.05, 0.1) is 5.92 Å². The van der Waals surface area contributed by atoms with Gasteiger partial charge in [0, 0.05) is 6.54 Å². The van der Waals surface area contributed by atoms with Crippen molar-refractivity contribution in [2.24, 2.45) is 5.92 Å². The van der Waals surface area contributed by atoms with Crippen LogP contribution in [-0.2, 0) is 24.1 Å². The van der Waals surface area contributed by atoms with Crippen LogP contribution in [0.25, 0.3) is 0 Å². The van der Waals surface area contributed by atoms with Gasteiger partial charge in [0.25, 0.3) is 0 Å². The molecule has 114 valence electrons. The number of likely N-dealkylation sites (tertiary alicyclic amines) is 1. The minimum Gasteiger partial charge on any atom is -0.481 e. The zero-order valence-electron chi connectivity index (χ0n) is 12.7. The predicted molar refractivity (Wildman–Crippen MR) is 83.6 cm³/mol. The highest BCUT2D eigenvalue weighted by molar-refractivity contribution is 5.70. The molecule has 1 aromatic rings. The third kappa shape index (κ3) is 3.65. The van der Waals surface area contributed by atoms with E-state index in [0.29, 0.717) is 0 Å². The van der Waals surface area contributed by atoms with E-state index in [2.05, 4.69) is 23.1 Å². The topological polar surface area (TPSA) is 40.5 Å². The maximum absolute atomic E-state index is 11.0. The van der Waals surface area contributed by atoms with Gasteiger partial charge in [-0.25, -0.2) is 0 Å². The number of piperidine rings is 1. The molecule has 0 aromatic heterocycles. The van der Waals surface area contributed by atoms with Gasteiger partial charge in [-0.3, -0.25) is 4.79 Å². The standard InChI is InChI=1S/C18H25NO2/c20-18(21)16-8-11-19(12-9-16)10-7-14-5-6-15-3-1-2-4-17(15)13-14/h5-6,13,16H,1-4,7-12H2,(H,20,21). The highest BCUT2D eigenvalue weighted by Crippen LogP contribution is 2.23. The summed E-state index contributed by atoms with van der Waals surface area (Å²) in [5.41, 5.74) is 4.55. The molecule has 0 bridgehead atoms. The van der Waals surface area contributed by atoms with Gasteiger partial charge in [0.2, 0.25) is 0 Å². The third-order valence-electron chi connectivity index (χ3n) is 5.07. The molecule has 0 amide bonds. The molecular formula is C18H25NO2. The molecule has 2 aliphatic rings. The zero-order chi connectivity index (χ0) is 14.7. The molecule has 1 fully saturated rings. The summed E-state index contributed by atoms with van der Waals surface area (Å²) in [6.07, 6.45) is 7.86. The van der Waals surface area contributed by atoms with E-state index in [9.17, 15) is 4.79 Å². The molecule has 0 atom stereocenters. The van der Waals surface area contributed by atoms with Crippen molar-refractivity contribution in [1.82, 2.24) is 4.90 Å². The van der Waals surface area contributed by atoms with E-state index in [0.717, 1.165) is 38.9 Å². The van der Waals surface area contributed by atoms with Crippen molar-refractivity contribution >= 4 is 5.97 Å². The van der Waals surface area contributed by atoms with Crippen molar-refractivity contribution < 1.29 is 9.90 Å². The van der Waals surface area contributed by atoms with Gasteiger partial charge in [-0.1, -0.05) is 18.2 Å². The Morgan fingerprint density at radius 3 is 2.57 bits per heavy atom. The fourth-order valence-corrected chi connectivity index (χ4v) is 3.63. The van der Waals surface area contributed by atoms with Crippen LogP contribution in [-0.4, -0.2) is 35.6 Å². The monoisotopic (exact) mass is 287 g/mol. The number of hydrogen-bond donors (Lipinski definition) is 1. The SMILES string of the molecule is O=C(O)C1CCN(CCc2ccc3c(c2)CCCC3)CC1. The van der Waals surface area contributed by atoms with Crippen molar-refractivity contribution in [3.05, 3.63) is 34.9 Å². The average Bonchev–Trinajstić information content (AvgIpc) is 2.53. The predicted octanol–water partition coefficient (Wildman–Crippen LogP) is 2.90. The number of aliphatic carboxylic acids is 1. The van der Waals surface area contributed by atoms with Crippen LogP contribution in [0.3, 0.4) is 0 Å². The van der Waals surface area contributed by atoms with E-state index in [1.54, 1.807) is 11.1 Å². The Balaban J connectivity index is 1.50. The van der Waals surface area contributed by atoms with E-state index in [4.69, 9.17) is 5.11 Å². The molecule has 1 saturated heterocycles. The fourth-order valence-electron chi connectivity index (χ4n) is 3.63. The molecule has 1 aromatic carbocycles. The van der Waals surface area contributed by atoms with Gasteiger partial charge < -0.3 is 10.0 Å². The van der Waals surface area contributed by atoms with Gasteiger partial charge in [0.1, 0.15) is 0 Å². The van der Waals surface area contributed by atoms with Crippen LogP contribution in [0.1, 0.15) is 42.4 Å². The van der Waals surface area contributed by atoms with Gasteiger partial charge in [-0.2, -0.15) is 0 Å². The second kappa shape index (κ2) is 6.61. The molecule has 3 heteroatoms. The number of fused-ring (bicyclic) bond motifs is 1. The van der Waals surface area contributed by atoms with Gasteiger partial charge in [0.15, 0.2) is 0 Å². The van der Waals surface area contributed by atoms with Crippen LogP contribution in [0, 0.1) is 5.92 Å².